The molecule has 18 heavy (non-hydrogen) atoms. The molecule has 96 valence electrons. The molecule has 0 radical (unpaired) electrons. The van der Waals surface area contributed by atoms with Gasteiger partial charge in [-0.05, 0) is 37.8 Å². The van der Waals surface area contributed by atoms with Gasteiger partial charge in [-0.15, -0.1) is 0 Å². The topological polar surface area (TPSA) is 25.2 Å². The molecule has 0 aliphatic heterocycles. The summed E-state index contributed by atoms with van der Waals surface area (Å²) in [4.78, 5) is 0. The predicted octanol–water partition coefficient (Wildman–Crippen LogP) is 4.21. The van der Waals surface area contributed by atoms with Gasteiger partial charge in [0.05, 0.1) is 11.6 Å². The van der Waals surface area contributed by atoms with Gasteiger partial charge in [0, 0.05) is 17.0 Å². The minimum Gasteiger partial charge on any atom is -0.459 e. The summed E-state index contributed by atoms with van der Waals surface area (Å²) in [7, 11) is 0. The van der Waals surface area contributed by atoms with Crippen molar-refractivity contribution in [1.82, 2.24) is 5.32 Å². The Morgan fingerprint density at radius 3 is 2.83 bits per heavy atom. The molecule has 1 fully saturated rings. The van der Waals surface area contributed by atoms with E-state index in [9.17, 15) is 0 Å². The fourth-order valence-corrected chi connectivity index (χ4v) is 2.70. The fourth-order valence-electron chi connectivity index (χ4n) is 2.44. The van der Waals surface area contributed by atoms with Crippen LogP contribution in [0.5, 0.6) is 0 Å². The van der Waals surface area contributed by atoms with Crippen LogP contribution in [0.15, 0.2) is 16.5 Å². The van der Waals surface area contributed by atoms with Crippen molar-refractivity contribution in [3.05, 3.63) is 34.0 Å². The van der Waals surface area contributed by atoms with Gasteiger partial charge in [-0.25, -0.2) is 0 Å². The molecule has 0 unspecified atom stereocenters. The summed E-state index contributed by atoms with van der Waals surface area (Å²) in [5.74, 6) is 1.05. The minimum absolute atomic E-state index is 0.694. The van der Waals surface area contributed by atoms with E-state index in [2.05, 4.69) is 19.2 Å². The largest absolute Gasteiger partial charge is 0.459 e. The number of furan rings is 1. The van der Waals surface area contributed by atoms with Gasteiger partial charge in [-0.1, -0.05) is 24.6 Å². The van der Waals surface area contributed by atoms with E-state index in [4.69, 9.17) is 16.0 Å². The van der Waals surface area contributed by atoms with Crippen LogP contribution in [-0.2, 0) is 13.0 Å². The Balaban J connectivity index is 2.06. The van der Waals surface area contributed by atoms with E-state index < -0.39 is 0 Å². The summed E-state index contributed by atoms with van der Waals surface area (Å²) in [6, 6.07) is 4.68. The molecule has 1 aliphatic rings. The molecule has 1 heterocycles. The lowest BCUT2D eigenvalue weighted by Crippen LogP contribution is -2.15. The average molecular weight is 264 g/mol. The van der Waals surface area contributed by atoms with Gasteiger partial charge in [0.15, 0.2) is 0 Å². The second-order valence-corrected chi connectivity index (χ2v) is 5.49. The molecule has 0 atom stereocenters. The highest BCUT2D eigenvalue weighted by Gasteiger charge is 2.22. The van der Waals surface area contributed by atoms with Crippen LogP contribution < -0.4 is 5.32 Å². The highest BCUT2D eigenvalue weighted by Crippen LogP contribution is 2.34. The average Bonchev–Trinajstić information content (AvgIpc) is 3.11. The molecular weight excluding hydrogens is 246 g/mol. The molecule has 3 rings (SSSR count). The van der Waals surface area contributed by atoms with E-state index in [1.54, 1.807) is 0 Å². The number of fused-ring (bicyclic) bond motifs is 1. The number of halogens is 1. The summed E-state index contributed by atoms with van der Waals surface area (Å²) in [5.41, 5.74) is 3.36. The van der Waals surface area contributed by atoms with Crippen molar-refractivity contribution in [2.75, 3.05) is 0 Å². The Hall–Kier alpha value is -0.990. The second-order valence-electron chi connectivity index (χ2n) is 5.08. The lowest BCUT2D eigenvalue weighted by Gasteiger charge is -2.02. The van der Waals surface area contributed by atoms with Crippen LogP contribution in [0.1, 0.15) is 36.7 Å². The molecule has 0 saturated heterocycles. The molecule has 1 aromatic heterocycles. The highest BCUT2D eigenvalue weighted by atomic mass is 35.5. The van der Waals surface area contributed by atoms with Gasteiger partial charge in [0.25, 0.3) is 0 Å². The molecule has 1 aliphatic carbocycles. The predicted molar refractivity (Wildman–Crippen MR) is 75.2 cm³/mol. The summed E-state index contributed by atoms with van der Waals surface area (Å²) < 4.78 is 6.03. The smallest absolute Gasteiger partial charge is 0.139 e. The molecule has 2 aromatic rings. The molecular formula is C15H18ClNO. The summed E-state index contributed by atoms with van der Waals surface area (Å²) in [6.45, 7) is 5.04. The minimum atomic E-state index is 0.694. The molecule has 1 N–H and O–H groups in total. The van der Waals surface area contributed by atoms with Crippen LogP contribution in [-0.4, -0.2) is 6.04 Å². The first kappa shape index (κ1) is 12.1. The quantitative estimate of drug-likeness (QED) is 0.894. The first-order valence-electron chi connectivity index (χ1n) is 6.63. The number of rotatable bonds is 4. The maximum Gasteiger partial charge on any atom is 0.139 e. The lowest BCUT2D eigenvalue weighted by molar-refractivity contribution is 0.506. The van der Waals surface area contributed by atoms with E-state index in [-0.39, 0.29) is 0 Å². The lowest BCUT2D eigenvalue weighted by atomic mass is 10.1. The Morgan fingerprint density at radius 1 is 1.39 bits per heavy atom. The van der Waals surface area contributed by atoms with Crippen molar-refractivity contribution in [2.24, 2.45) is 0 Å². The maximum atomic E-state index is 6.32. The second kappa shape index (κ2) is 4.60. The van der Waals surface area contributed by atoms with E-state index in [0.717, 1.165) is 40.3 Å². The zero-order chi connectivity index (χ0) is 12.7. The zero-order valence-corrected chi connectivity index (χ0v) is 11.6. The molecule has 0 spiro atoms. The van der Waals surface area contributed by atoms with Crippen LogP contribution >= 0.6 is 11.6 Å². The summed E-state index contributed by atoms with van der Waals surface area (Å²) in [6.07, 6.45) is 3.54. The first-order valence-corrected chi connectivity index (χ1v) is 7.01. The molecule has 2 nitrogen and oxygen atoms in total. The van der Waals surface area contributed by atoms with Crippen molar-refractivity contribution >= 4 is 22.6 Å². The van der Waals surface area contributed by atoms with Crippen molar-refractivity contribution in [3.8, 4) is 0 Å². The Bertz CT molecular complexity index is 584. The van der Waals surface area contributed by atoms with Crippen molar-refractivity contribution < 1.29 is 4.42 Å². The summed E-state index contributed by atoms with van der Waals surface area (Å²) in [5, 5.41) is 5.41. The van der Waals surface area contributed by atoms with Crippen molar-refractivity contribution in [1.29, 1.82) is 0 Å². The van der Waals surface area contributed by atoms with Crippen LogP contribution in [0.25, 0.3) is 11.0 Å². The molecule has 0 bridgehead atoms. The number of nitrogens with one attached hydrogen (secondary N) is 1. The molecule has 0 amide bonds. The van der Waals surface area contributed by atoms with Crippen molar-refractivity contribution in [2.45, 2.75) is 45.7 Å². The van der Waals surface area contributed by atoms with Crippen LogP contribution in [0.3, 0.4) is 0 Å². The van der Waals surface area contributed by atoms with E-state index in [0.29, 0.717) is 6.04 Å². The Morgan fingerprint density at radius 2 is 2.17 bits per heavy atom. The van der Waals surface area contributed by atoms with Gasteiger partial charge >= 0.3 is 0 Å². The monoisotopic (exact) mass is 263 g/mol. The Labute approximate surface area is 112 Å². The molecule has 1 saturated carbocycles. The third-order valence-electron chi connectivity index (χ3n) is 3.65. The third-order valence-corrected chi connectivity index (χ3v) is 3.96. The van der Waals surface area contributed by atoms with Crippen LogP contribution in [0.4, 0.5) is 0 Å². The number of hydrogen-bond acceptors (Lipinski definition) is 2. The van der Waals surface area contributed by atoms with Crippen molar-refractivity contribution in [3.63, 3.8) is 0 Å². The SMILES string of the molecule is CCc1c(CNC2CC2)oc2c(C)ccc(Cl)c12. The maximum absolute atomic E-state index is 6.32. The van der Waals surface area contributed by atoms with Gasteiger partial charge < -0.3 is 9.73 Å². The third kappa shape index (κ3) is 2.04. The molecule has 1 aromatic carbocycles. The highest BCUT2D eigenvalue weighted by molar-refractivity contribution is 6.35. The number of aryl methyl sites for hydroxylation is 2. The van der Waals surface area contributed by atoms with Gasteiger partial charge in [0.1, 0.15) is 11.3 Å². The van der Waals surface area contributed by atoms with E-state index in [1.807, 2.05) is 12.1 Å². The van der Waals surface area contributed by atoms with E-state index >= 15 is 0 Å². The number of hydrogen-bond donors (Lipinski definition) is 1. The normalized spacial score (nSPS) is 15.5. The van der Waals surface area contributed by atoms with Crippen LogP contribution in [0.2, 0.25) is 5.02 Å². The Kier molecular flexibility index (Phi) is 3.08. The standard InChI is InChI=1S/C15H18ClNO/c1-3-11-13(8-17-10-5-6-10)18-15-9(2)4-7-12(16)14(11)15/h4,7,10,17H,3,5-6,8H2,1-2H3. The fraction of sp³-hybridized carbons (Fsp3) is 0.467. The van der Waals surface area contributed by atoms with Gasteiger partial charge in [-0.2, -0.15) is 0 Å². The summed E-state index contributed by atoms with van der Waals surface area (Å²) >= 11 is 6.32. The first-order chi connectivity index (χ1) is 8.70. The van der Waals surface area contributed by atoms with Crippen LogP contribution in [0, 0.1) is 6.92 Å². The number of benzene rings is 1. The zero-order valence-electron chi connectivity index (χ0n) is 10.8. The van der Waals surface area contributed by atoms with E-state index in [1.165, 1.54) is 18.4 Å². The van der Waals surface area contributed by atoms with Gasteiger partial charge in [0.2, 0.25) is 0 Å². The van der Waals surface area contributed by atoms with Gasteiger partial charge in [-0.3, -0.25) is 0 Å². The molecule has 3 heteroatoms.